The Morgan fingerprint density at radius 3 is 1.93 bits per heavy atom. The minimum Gasteiger partial charge on any atom is -0.376 e. The van der Waals surface area contributed by atoms with Crippen LogP contribution in [0.1, 0.15) is 48.5 Å². The summed E-state index contributed by atoms with van der Waals surface area (Å²) in [7, 11) is 0. The molecule has 15 heavy (non-hydrogen) atoms. The van der Waals surface area contributed by atoms with E-state index in [2.05, 4.69) is 53.8 Å². The van der Waals surface area contributed by atoms with Crippen LogP contribution in [-0.2, 0) is 4.74 Å². The van der Waals surface area contributed by atoms with Crippen molar-refractivity contribution in [3.8, 4) is 0 Å². The molecule has 0 heterocycles. The predicted molar refractivity (Wildman–Crippen MR) is 67.2 cm³/mol. The van der Waals surface area contributed by atoms with Crippen molar-refractivity contribution in [3.05, 3.63) is 0 Å². The molecule has 2 atom stereocenters. The second kappa shape index (κ2) is 6.49. The van der Waals surface area contributed by atoms with Crippen molar-refractivity contribution < 1.29 is 4.74 Å². The van der Waals surface area contributed by atoms with Crippen LogP contribution in [0.2, 0.25) is 0 Å². The molecule has 0 saturated carbocycles. The summed E-state index contributed by atoms with van der Waals surface area (Å²) in [4.78, 5) is 0. The fourth-order valence-corrected chi connectivity index (χ4v) is 2.00. The third-order valence-corrected chi connectivity index (χ3v) is 2.68. The SMILES string of the molecule is CCNC(C(C)C)C(OCC)C(C)(C)C. The molecular weight excluding hydrogens is 186 g/mol. The molecule has 0 bridgehead atoms. The van der Waals surface area contributed by atoms with E-state index in [0.717, 1.165) is 13.2 Å². The first kappa shape index (κ1) is 14.9. The van der Waals surface area contributed by atoms with E-state index in [4.69, 9.17) is 4.74 Å². The van der Waals surface area contributed by atoms with Gasteiger partial charge < -0.3 is 10.1 Å². The standard InChI is InChI=1S/C13H29NO/c1-8-14-11(10(3)4)12(15-9-2)13(5,6)7/h10-12,14H,8-9H2,1-7H3. The topological polar surface area (TPSA) is 21.3 Å². The fourth-order valence-electron chi connectivity index (χ4n) is 2.00. The zero-order valence-electron chi connectivity index (χ0n) is 11.6. The molecule has 0 aliphatic rings. The van der Waals surface area contributed by atoms with E-state index in [0.29, 0.717) is 12.0 Å². The monoisotopic (exact) mass is 215 g/mol. The number of ether oxygens (including phenoxy) is 1. The van der Waals surface area contributed by atoms with E-state index in [9.17, 15) is 0 Å². The molecule has 2 nitrogen and oxygen atoms in total. The fraction of sp³-hybridized carbons (Fsp3) is 1.00. The summed E-state index contributed by atoms with van der Waals surface area (Å²) in [6, 6.07) is 0.440. The lowest BCUT2D eigenvalue weighted by Gasteiger charge is -2.39. The Morgan fingerprint density at radius 2 is 1.67 bits per heavy atom. The van der Waals surface area contributed by atoms with Gasteiger partial charge in [0, 0.05) is 12.6 Å². The maximum atomic E-state index is 5.92. The summed E-state index contributed by atoms with van der Waals surface area (Å²) in [5.74, 6) is 0.598. The summed E-state index contributed by atoms with van der Waals surface area (Å²) >= 11 is 0. The zero-order chi connectivity index (χ0) is 12.1. The second-order valence-corrected chi connectivity index (χ2v) is 5.57. The van der Waals surface area contributed by atoms with Crippen LogP contribution in [-0.4, -0.2) is 25.3 Å². The average Bonchev–Trinajstić information content (AvgIpc) is 2.09. The first-order chi connectivity index (χ1) is 6.84. The van der Waals surface area contributed by atoms with Crippen LogP contribution in [0.5, 0.6) is 0 Å². The molecule has 92 valence electrons. The molecule has 2 heteroatoms. The number of rotatable bonds is 6. The predicted octanol–water partition coefficient (Wildman–Crippen LogP) is 3.07. The molecule has 0 saturated heterocycles. The average molecular weight is 215 g/mol. The minimum atomic E-state index is 0.188. The Hall–Kier alpha value is -0.0800. The van der Waals surface area contributed by atoms with E-state index in [1.807, 2.05) is 0 Å². The van der Waals surface area contributed by atoms with Crippen molar-refractivity contribution in [2.45, 2.75) is 60.6 Å². The third kappa shape index (κ3) is 4.98. The Kier molecular flexibility index (Phi) is 6.46. The van der Waals surface area contributed by atoms with Crippen LogP contribution in [0.15, 0.2) is 0 Å². The van der Waals surface area contributed by atoms with Crippen LogP contribution in [0.25, 0.3) is 0 Å². The van der Waals surface area contributed by atoms with Crippen LogP contribution < -0.4 is 5.32 Å². The van der Waals surface area contributed by atoms with Crippen molar-refractivity contribution in [2.75, 3.05) is 13.2 Å². The Labute approximate surface area is 95.8 Å². The molecule has 1 N–H and O–H groups in total. The highest BCUT2D eigenvalue weighted by Gasteiger charge is 2.33. The molecule has 0 aliphatic carbocycles. The summed E-state index contributed by atoms with van der Waals surface area (Å²) < 4.78 is 5.92. The molecule has 0 fully saturated rings. The first-order valence-corrected chi connectivity index (χ1v) is 6.19. The molecule has 0 aromatic carbocycles. The van der Waals surface area contributed by atoms with Crippen LogP contribution in [0, 0.1) is 11.3 Å². The largest absolute Gasteiger partial charge is 0.376 e. The zero-order valence-corrected chi connectivity index (χ0v) is 11.6. The van der Waals surface area contributed by atoms with Gasteiger partial charge in [-0.2, -0.15) is 0 Å². The highest BCUT2D eigenvalue weighted by Crippen LogP contribution is 2.28. The van der Waals surface area contributed by atoms with E-state index < -0.39 is 0 Å². The highest BCUT2D eigenvalue weighted by molar-refractivity contribution is 4.88. The Morgan fingerprint density at radius 1 is 1.13 bits per heavy atom. The normalized spacial score (nSPS) is 16.8. The molecule has 0 rings (SSSR count). The Bertz CT molecular complexity index is 160. The van der Waals surface area contributed by atoms with Gasteiger partial charge >= 0.3 is 0 Å². The minimum absolute atomic E-state index is 0.188. The lowest BCUT2D eigenvalue weighted by molar-refractivity contribution is -0.0452. The number of hydrogen-bond acceptors (Lipinski definition) is 2. The van der Waals surface area contributed by atoms with Crippen molar-refractivity contribution in [1.29, 1.82) is 0 Å². The van der Waals surface area contributed by atoms with Gasteiger partial charge in [-0.05, 0) is 24.8 Å². The van der Waals surface area contributed by atoms with Gasteiger partial charge in [-0.1, -0.05) is 41.5 Å². The lowest BCUT2D eigenvalue weighted by atomic mass is 9.80. The van der Waals surface area contributed by atoms with E-state index in [-0.39, 0.29) is 11.5 Å². The van der Waals surface area contributed by atoms with Crippen molar-refractivity contribution in [1.82, 2.24) is 5.32 Å². The van der Waals surface area contributed by atoms with E-state index in [1.165, 1.54) is 0 Å². The maximum absolute atomic E-state index is 5.92. The van der Waals surface area contributed by atoms with E-state index in [1.54, 1.807) is 0 Å². The van der Waals surface area contributed by atoms with Gasteiger partial charge in [0.2, 0.25) is 0 Å². The molecule has 0 amide bonds. The molecule has 0 aromatic rings. The van der Waals surface area contributed by atoms with Crippen molar-refractivity contribution in [3.63, 3.8) is 0 Å². The quantitative estimate of drug-likeness (QED) is 0.735. The van der Waals surface area contributed by atoms with E-state index >= 15 is 0 Å². The smallest absolute Gasteiger partial charge is 0.0778 e. The van der Waals surface area contributed by atoms with Crippen molar-refractivity contribution >= 4 is 0 Å². The summed E-state index contributed by atoms with van der Waals surface area (Å²) in [5.41, 5.74) is 0.188. The molecule has 0 aliphatic heterocycles. The number of likely N-dealkylation sites (N-methyl/N-ethyl adjacent to an activating group) is 1. The highest BCUT2D eigenvalue weighted by atomic mass is 16.5. The van der Waals surface area contributed by atoms with Crippen LogP contribution in [0.3, 0.4) is 0 Å². The van der Waals surface area contributed by atoms with Crippen LogP contribution in [0.4, 0.5) is 0 Å². The van der Waals surface area contributed by atoms with Gasteiger partial charge in [0.15, 0.2) is 0 Å². The van der Waals surface area contributed by atoms with Crippen LogP contribution >= 0.6 is 0 Å². The number of nitrogens with one attached hydrogen (secondary N) is 1. The van der Waals surface area contributed by atoms with Gasteiger partial charge in [-0.25, -0.2) is 0 Å². The molecular formula is C13H29NO. The van der Waals surface area contributed by atoms with Gasteiger partial charge in [0.25, 0.3) is 0 Å². The number of hydrogen-bond donors (Lipinski definition) is 1. The maximum Gasteiger partial charge on any atom is 0.0778 e. The van der Waals surface area contributed by atoms with Gasteiger partial charge in [0.1, 0.15) is 0 Å². The first-order valence-electron chi connectivity index (χ1n) is 6.19. The summed E-state index contributed by atoms with van der Waals surface area (Å²) in [5, 5.41) is 3.55. The molecule has 2 unspecified atom stereocenters. The summed E-state index contributed by atoms with van der Waals surface area (Å²) in [6.45, 7) is 17.3. The van der Waals surface area contributed by atoms with Gasteiger partial charge in [-0.15, -0.1) is 0 Å². The lowest BCUT2D eigenvalue weighted by Crippen LogP contribution is -2.51. The second-order valence-electron chi connectivity index (χ2n) is 5.57. The molecule has 0 spiro atoms. The Balaban J connectivity index is 4.67. The van der Waals surface area contributed by atoms with Gasteiger partial charge in [-0.3, -0.25) is 0 Å². The summed E-state index contributed by atoms with van der Waals surface area (Å²) in [6.07, 6.45) is 0.280. The van der Waals surface area contributed by atoms with Gasteiger partial charge in [0.05, 0.1) is 6.10 Å². The van der Waals surface area contributed by atoms with Crippen molar-refractivity contribution in [2.24, 2.45) is 11.3 Å². The molecule has 0 aromatic heterocycles. The third-order valence-electron chi connectivity index (χ3n) is 2.68. The molecule has 0 radical (unpaired) electrons.